The summed E-state index contributed by atoms with van der Waals surface area (Å²) in [6.07, 6.45) is 9.57. The Hall–Kier alpha value is -2.09. The first-order valence-corrected chi connectivity index (χ1v) is 12.1. The molecule has 8 heteroatoms. The third kappa shape index (κ3) is 4.38. The molecule has 1 spiro atoms. The fourth-order valence-electron chi connectivity index (χ4n) is 5.32. The smallest absolute Gasteiger partial charge is 0.335 e. The van der Waals surface area contributed by atoms with Gasteiger partial charge < -0.3 is 10.2 Å². The monoisotopic (exact) mass is 457 g/mol. The molecule has 3 aliphatic heterocycles. The molecule has 32 heavy (non-hydrogen) atoms. The summed E-state index contributed by atoms with van der Waals surface area (Å²) in [5.74, 6) is 0.220. The largest absolute Gasteiger partial charge is 0.338 e. The molecule has 0 bridgehead atoms. The van der Waals surface area contributed by atoms with Gasteiger partial charge in [-0.2, -0.15) is 0 Å². The summed E-state index contributed by atoms with van der Waals surface area (Å²) in [4.78, 5) is 29.5. The van der Waals surface area contributed by atoms with Gasteiger partial charge in [0.15, 0.2) is 0 Å². The standard InChI is InChI=1S/C24H32ClN5O2/c1-17-15-18(3-6-20(17)25)16-29-11-2-8-24(29)9-13-28(14-10-24)23(32)30-12-7-21(27-30)26-22(31)19-4-5-19/h3,6-7,12,15,19,21,27H,2,4-5,8-11,13-14,16H2,1H3,(H,26,31). The summed E-state index contributed by atoms with van der Waals surface area (Å²) < 4.78 is 0. The summed E-state index contributed by atoms with van der Waals surface area (Å²) in [5.41, 5.74) is 5.70. The van der Waals surface area contributed by atoms with Crippen molar-refractivity contribution < 1.29 is 9.59 Å². The molecule has 7 nitrogen and oxygen atoms in total. The lowest BCUT2D eigenvalue weighted by molar-refractivity contribution is -0.123. The lowest BCUT2D eigenvalue weighted by Crippen LogP contribution is -2.57. The Labute approximate surface area is 194 Å². The van der Waals surface area contributed by atoms with Gasteiger partial charge in [-0.1, -0.05) is 23.7 Å². The van der Waals surface area contributed by atoms with Crippen molar-refractivity contribution in [3.63, 3.8) is 0 Å². The molecule has 3 fully saturated rings. The number of hydrogen-bond donors (Lipinski definition) is 2. The summed E-state index contributed by atoms with van der Waals surface area (Å²) in [5, 5.41) is 5.27. The van der Waals surface area contributed by atoms with E-state index in [2.05, 4.69) is 34.7 Å². The summed E-state index contributed by atoms with van der Waals surface area (Å²) >= 11 is 6.20. The Balaban J connectivity index is 1.15. The summed E-state index contributed by atoms with van der Waals surface area (Å²) in [6.45, 7) is 5.60. The molecule has 1 saturated carbocycles. The van der Waals surface area contributed by atoms with E-state index in [1.165, 1.54) is 23.4 Å². The van der Waals surface area contributed by atoms with Crippen molar-refractivity contribution in [2.24, 2.45) is 5.92 Å². The topological polar surface area (TPSA) is 67.9 Å². The molecule has 2 N–H and O–H groups in total. The van der Waals surface area contributed by atoms with Gasteiger partial charge in [0.05, 0.1) is 0 Å². The minimum Gasteiger partial charge on any atom is -0.335 e. The number of hydrogen-bond acceptors (Lipinski definition) is 4. The third-order valence-corrected chi connectivity index (χ3v) is 7.88. The molecule has 4 aliphatic rings. The van der Waals surface area contributed by atoms with Gasteiger partial charge in [0.1, 0.15) is 6.17 Å². The quantitative estimate of drug-likeness (QED) is 0.727. The zero-order valence-electron chi connectivity index (χ0n) is 18.6. The number of likely N-dealkylation sites (tertiary alicyclic amines) is 2. The van der Waals surface area contributed by atoms with Gasteiger partial charge in [0.2, 0.25) is 5.91 Å². The Bertz CT molecular complexity index is 923. The van der Waals surface area contributed by atoms with Crippen molar-refractivity contribution >= 4 is 23.5 Å². The molecule has 1 aliphatic carbocycles. The van der Waals surface area contributed by atoms with Crippen LogP contribution in [0.4, 0.5) is 4.79 Å². The van der Waals surface area contributed by atoms with Crippen LogP contribution < -0.4 is 10.7 Å². The molecule has 1 aromatic carbocycles. The first-order valence-electron chi connectivity index (χ1n) is 11.8. The zero-order valence-corrected chi connectivity index (χ0v) is 19.4. The highest BCUT2D eigenvalue weighted by Gasteiger charge is 2.44. The molecular formula is C24H32ClN5O2. The van der Waals surface area contributed by atoms with E-state index < -0.39 is 0 Å². The van der Waals surface area contributed by atoms with Crippen LogP contribution >= 0.6 is 11.6 Å². The van der Waals surface area contributed by atoms with E-state index in [1.807, 2.05) is 17.0 Å². The minimum absolute atomic E-state index is 0.0443. The van der Waals surface area contributed by atoms with Gasteiger partial charge in [-0.25, -0.2) is 15.2 Å². The van der Waals surface area contributed by atoms with Crippen molar-refractivity contribution in [1.82, 2.24) is 25.6 Å². The number of rotatable bonds is 4. The maximum Gasteiger partial charge on any atom is 0.338 e. The van der Waals surface area contributed by atoms with Crippen LogP contribution in [0.2, 0.25) is 5.02 Å². The second-order valence-electron chi connectivity index (χ2n) is 9.70. The predicted octanol–water partition coefficient (Wildman–Crippen LogP) is 3.39. The minimum atomic E-state index is -0.309. The fourth-order valence-corrected chi connectivity index (χ4v) is 5.44. The van der Waals surface area contributed by atoms with Gasteiger partial charge in [0.25, 0.3) is 0 Å². The highest BCUT2D eigenvalue weighted by molar-refractivity contribution is 6.31. The van der Waals surface area contributed by atoms with Crippen LogP contribution in [0.1, 0.15) is 49.7 Å². The Morgan fingerprint density at radius 2 is 1.97 bits per heavy atom. The van der Waals surface area contributed by atoms with Gasteiger partial charge >= 0.3 is 6.03 Å². The number of halogens is 1. The van der Waals surface area contributed by atoms with E-state index in [-0.39, 0.29) is 29.6 Å². The number of hydrazine groups is 1. The van der Waals surface area contributed by atoms with Gasteiger partial charge in [-0.15, -0.1) is 0 Å². The van der Waals surface area contributed by atoms with Crippen LogP contribution in [0.5, 0.6) is 0 Å². The van der Waals surface area contributed by atoms with E-state index in [0.717, 1.165) is 62.4 Å². The SMILES string of the molecule is Cc1cc(CN2CCCC23CCN(C(=O)N2C=CC(NC(=O)C4CC4)N2)CC3)ccc1Cl. The van der Waals surface area contributed by atoms with Gasteiger partial charge in [0, 0.05) is 42.3 Å². The van der Waals surface area contributed by atoms with E-state index >= 15 is 0 Å². The summed E-state index contributed by atoms with van der Waals surface area (Å²) in [6, 6.07) is 6.27. The maximum atomic E-state index is 13.0. The van der Waals surface area contributed by atoms with Crippen molar-refractivity contribution in [3.05, 3.63) is 46.6 Å². The molecule has 3 heterocycles. The number of nitrogens with zero attached hydrogens (tertiary/aromatic N) is 3. The number of piperidine rings is 1. The Morgan fingerprint density at radius 3 is 2.69 bits per heavy atom. The number of urea groups is 1. The average molecular weight is 458 g/mol. The molecule has 0 aromatic heterocycles. The maximum absolute atomic E-state index is 13.0. The first-order chi connectivity index (χ1) is 15.4. The molecule has 2 saturated heterocycles. The van der Waals surface area contributed by atoms with Crippen LogP contribution in [0.25, 0.3) is 0 Å². The Morgan fingerprint density at radius 1 is 1.19 bits per heavy atom. The number of carbonyl (C=O) groups is 2. The van der Waals surface area contributed by atoms with E-state index in [4.69, 9.17) is 11.6 Å². The molecule has 1 atom stereocenters. The van der Waals surface area contributed by atoms with Crippen molar-refractivity contribution in [1.29, 1.82) is 0 Å². The number of aryl methyl sites for hydroxylation is 1. The van der Waals surface area contributed by atoms with Gasteiger partial charge in [-0.3, -0.25) is 9.69 Å². The van der Waals surface area contributed by atoms with E-state index in [9.17, 15) is 9.59 Å². The predicted molar refractivity (Wildman–Crippen MR) is 124 cm³/mol. The highest BCUT2D eigenvalue weighted by atomic mass is 35.5. The van der Waals surface area contributed by atoms with Gasteiger partial charge in [-0.05, 0) is 75.3 Å². The lowest BCUT2D eigenvalue weighted by atomic mass is 9.84. The molecule has 1 unspecified atom stereocenters. The van der Waals surface area contributed by atoms with Crippen molar-refractivity contribution in [3.8, 4) is 0 Å². The van der Waals surface area contributed by atoms with Crippen molar-refractivity contribution in [2.75, 3.05) is 19.6 Å². The molecule has 1 aromatic rings. The molecule has 3 amide bonds. The first kappa shape index (κ1) is 21.7. The average Bonchev–Trinajstić information content (AvgIpc) is 3.44. The molecule has 5 rings (SSSR count). The number of carbonyl (C=O) groups excluding carboxylic acids is 2. The second kappa shape index (κ2) is 8.69. The fraction of sp³-hybridized carbons (Fsp3) is 0.583. The van der Waals surface area contributed by atoms with Crippen molar-refractivity contribution in [2.45, 2.75) is 63.7 Å². The number of nitrogens with one attached hydrogen (secondary N) is 2. The zero-order chi connectivity index (χ0) is 22.3. The Kier molecular flexibility index (Phi) is 5.90. The number of amides is 3. The highest BCUT2D eigenvalue weighted by Crippen LogP contribution is 2.39. The summed E-state index contributed by atoms with van der Waals surface area (Å²) in [7, 11) is 0. The second-order valence-corrected chi connectivity index (χ2v) is 10.1. The molecule has 0 radical (unpaired) electrons. The molecule has 172 valence electrons. The lowest BCUT2D eigenvalue weighted by Gasteiger charge is -2.45. The van der Waals surface area contributed by atoms with Crippen LogP contribution in [0, 0.1) is 12.8 Å². The van der Waals surface area contributed by atoms with Crippen LogP contribution in [0.15, 0.2) is 30.5 Å². The number of benzene rings is 1. The van der Waals surface area contributed by atoms with Crippen LogP contribution in [-0.2, 0) is 11.3 Å². The van der Waals surface area contributed by atoms with Crippen LogP contribution in [0.3, 0.4) is 0 Å². The molecular weight excluding hydrogens is 426 g/mol. The van der Waals surface area contributed by atoms with Crippen LogP contribution in [-0.4, -0.2) is 58.1 Å². The third-order valence-electron chi connectivity index (χ3n) is 7.46. The van der Waals surface area contributed by atoms with E-state index in [0.29, 0.717) is 0 Å². The normalized spacial score (nSPS) is 25.0. The van der Waals surface area contributed by atoms with E-state index in [1.54, 1.807) is 6.20 Å².